The number of fused-ring (bicyclic) bond motifs is 3. The van der Waals surface area contributed by atoms with Crippen LogP contribution in [-0.2, 0) is 16.1 Å². The number of aromatic nitrogens is 3. The van der Waals surface area contributed by atoms with E-state index in [4.69, 9.17) is 4.74 Å². The minimum Gasteiger partial charge on any atom is -0.370 e. The maximum absolute atomic E-state index is 13.2. The first-order valence-electron chi connectivity index (χ1n) is 10.8. The molecule has 1 aromatic rings. The van der Waals surface area contributed by atoms with Gasteiger partial charge >= 0.3 is 0 Å². The quantitative estimate of drug-likeness (QED) is 0.793. The van der Waals surface area contributed by atoms with Gasteiger partial charge < -0.3 is 14.5 Å². The highest BCUT2D eigenvalue weighted by molar-refractivity contribution is 5.79. The fourth-order valence-electron chi connectivity index (χ4n) is 5.60. The fourth-order valence-corrected chi connectivity index (χ4v) is 5.60. The van der Waals surface area contributed by atoms with Crippen LogP contribution in [0, 0.1) is 5.92 Å². The summed E-state index contributed by atoms with van der Waals surface area (Å²) in [6, 6.07) is 0.895. The largest absolute Gasteiger partial charge is 0.370 e. The molecule has 27 heavy (non-hydrogen) atoms. The van der Waals surface area contributed by atoms with Gasteiger partial charge in [-0.15, -0.1) is 5.10 Å². The minimum absolute atomic E-state index is 0.122. The molecule has 7 heteroatoms. The number of piperidine rings is 2. The van der Waals surface area contributed by atoms with E-state index in [0.717, 1.165) is 50.6 Å². The second-order valence-corrected chi connectivity index (χ2v) is 8.76. The van der Waals surface area contributed by atoms with Crippen molar-refractivity contribution in [1.82, 2.24) is 24.8 Å². The molecule has 3 aliphatic heterocycles. The number of ether oxygens (including phenoxy) is 1. The Labute approximate surface area is 161 Å². The molecule has 2 unspecified atom stereocenters. The van der Waals surface area contributed by atoms with Crippen LogP contribution < -0.4 is 0 Å². The van der Waals surface area contributed by atoms with E-state index in [2.05, 4.69) is 20.1 Å². The number of rotatable bonds is 2. The summed E-state index contributed by atoms with van der Waals surface area (Å²) in [4.78, 5) is 17.9. The van der Waals surface area contributed by atoms with Crippen LogP contribution in [0.3, 0.4) is 0 Å². The number of carbonyl (C=O) groups is 1. The third kappa shape index (κ3) is 3.40. The molecule has 0 aromatic carbocycles. The molecule has 1 saturated carbocycles. The van der Waals surface area contributed by atoms with Crippen molar-refractivity contribution < 1.29 is 9.53 Å². The van der Waals surface area contributed by atoms with Gasteiger partial charge in [0.1, 0.15) is 0 Å². The topological polar surface area (TPSA) is 63.5 Å². The molecule has 2 saturated heterocycles. The van der Waals surface area contributed by atoms with E-state index in [1.807, 2.05) is 4.68 Å². The molecule has 0 radical (unpaired) electrons. The van der Waals surface area contributed by atoms with Crippen molar-refractivity contribution in [2.45, 2.75) is 76.2 Å². The first kappa shape index (κ1) is 17.6. The van der Waals surface area contributed by atoms with Gasteiger partial charge in [-0.2, -0.15) is 0 Å². The third-order valence-corrected chi connectivity index (χ3v) is 7.21. The average molecular weight is 374 g/mol. The molecular weight excluding hydrogens is 342 g/mol. The molecule has 7 nitrogen and oxygen atoms in total. The summed E-state index contributed by atoms with van der Waals surface area (Å²) in [5.41, 5.74) is 1.02. The predicted molar refractivity (Wildman–Crippen MR) is 100 cm³/mol. The van der Waals surface area contributed by atoms with Crippen LogP contribution in [-0.4, -0.2) is 69.0 Å². The molecule has 5 rings (SSSR count). The van der Waals surface area contributed by atoms with Crippen LogP contribution in [0.5, 0.6) is 0 Å². The normalized spacial score (nSPS) is 30.7. The number of likely N-dealkylation sites (tertiary alicyclic amines) is 2. The van der Waals surface area contributed by atoms with Gasteiger partial charge in [-0.25, -0.2) is 4.68 Å². The Morgan fingerprint density at radius 1 is 1.04 bits per heavy atom. The second-order valence-electron chi connectivity index (χ2n) is 8.76. The first-order valence-corrected chi connectivity index (χ1v) is 10.8. The monoisotopic (exact) mass is 373 g/mol. The van der Waals surface area contributed by atoms with Crippen LogP contribution in [0.4, 0.5) is 0 Å². The van der Waals surface area contributed by atoms with Gasteiger partial charge in [0.05, 0.1) is 30.6 Å². The lowest BCUT2D eigenvalue weighted by molar-refractivity contribution is -0.144. The maximum Gasteiger partial charge on any atom is 0.225 e. The molecule has 1 aromatic heterocycles. The Kier molecular flexibility index (Phi) is 4.90. The van der Waals surface area contributed by atoms with Gasteiger partial charge in [0.25, 0.3) is 0 Å². The average Bonchev–Trinajstić information content (AvgIpc) is 3.23. The van der Waals surface area contributed by atoms with Crippen molar-refractivity contribution in [1.29, 1.82) is 0 Å². The Balaban J connectivity index is 1.19. The summed E-state index contributed by atoms with van der Waals surface area (Å²) in [5, 5.41) is 8.28. The van der Waals surface area contributed by atoms with E-state index < -0.39 is 0 Å². The van der Waals surface area contributed by atoms with E-state index in [0.29, 0.717) is 19.1 Å². The third-order valence-electron chi connectivity index (χ3n) is 7.21. The lowest BCUT2D eigenvalue weighted by Crippen LogP contribution is -2.52. The van der Waals surface area contributed by atoms with Crippen molar-refractivity contribution in [3.05, 3.63) is 11.9 Å². The number of hydrogen-bond donors (Lipinski definition) is 0. The highest BCUT2D eigenvalue weighted by Crippen LogP contribution is 2.32. The molecular formula is C20H31N5O2. The summed E-state index contributed by atoms with van der Waals surface area (Å²) in [5.74, 6) is 0.546. The first-order chi connectivity index (χ1) is 13.3. The standard InChI is InChI=1S/C20H31N5O2/c26-20(15-6-9-23(10-7-15)16-4-2-1-3-5-16)24-11-8-19-18(13-24)25-17(14-27-19)12-21-22-25/h12,15-16,18-19H,1-11,13-14H2. The van der Waals surface area contributed by atoms with Crippen molar-refractivity contribution in [3.63, 3.8) is 0 Å². The SMILES string of the molecule is O=C(C1CCN(C2CCCCC2)CC1)N1CCC2OCc3cnnn3C2C1. The zero-order chi connectivity index (χ0) is 18.2. The molecule has 0 N–H and O–H groups in total. The Hall–Kier alpha value is -1.47. The Morgan fingerprint density at radius 2 is 1.85 bits per heavy atom. The van der Waals surface area contributed by atoms with Gasteiger partial charge in [0.15, 0.2) is 0 Å². The number of hydrogen-bond acceptors (Lipinski definition) is 5. The van der Waals surface area contributed by atoms with Gasteiger partial charge in [-0.3, -0.25) is 4.79 Å². The van der Waals surface area contributed by atoms with Crippen molar-refractivity contribution in [2.75, 3.05) is 26.2 Å². The number of nitrogens with zero attached hydrogens (tertiary/aromatic N) is 5. The Morgan fingerprint density at radius 3 is 2.67 bits per heavy atom. The molecule has 4 heterocycles. The van der Waals surface area contributed by atoms with E-state index in [1.165, 1.54) is 32.1 Å². The van der Waals surface area contributed by atoms with Crippen LogP contribution in [0.25, 0.3) is 0 Å². The lowest BCUT2D eigenvalue weighted by atomic mass is 9.89. The minimum atomic E-state index is 0.122. The van der Waals surface area contributed by atoms with Crippen LogP contribution in [0.15, 0.2) is 6.20 Å². The molecule has 148 valence electrons. The Bertz CT molecular complexity index is 663. The molecule has 1 amide bonds. The van der Waals surface area contributed by atoms with Crippen LogP contribution in [0.1, 0.15) is 63.1 Å². The summed E-state index contributed by atoms with van der Waals surface area (Å²) in [7, 11) is 0. The van der Waals surface area contributed by atoms with E-state index >= 15 is 0 Å². The molecule has 4 aliphatic rings. The molecule has 1 aliphatic carbocycles. The van der Waals surface area contributed by atoms with Gasteiger partial charge in [-0.05, 0) is 45.2 Å². The summed E-state index contributed by atoms with van der Waals surface area (Å²) in [6.45, 7) is 4.30. The number of amides is 1. The van der Waals surface area contributed by atoms with Gasteiger partial charge in [0.2, 0.25) is 5.91 Å². The van der Waals surface area contributed by atoms with E-state index in [1.54, 1.807) is 6.20 Å². The van der Waals surface area contributed by atoms with E-state index in [-0.39, 0.29) is 18.1 Å². The smallest absolute Gasteiger partial charge is 0.225 e. The van der Waals surface area contributed by atoms with Gasteiger partial charge in [-0.1, -0.05) is 24.5 Å². The lowest BCUT2D eigenvalue weighted by Gasteiger charge is -2.43. The molecule has 2 atom stereocenters. The second kappa shape index (κ2) is 7.51. The number of carbonyl (C=O) groups excluding carboxylic acids is 1. The fraction of sp³-hybridized carbons (Fsp3) is 0.850. The van der Waals surface area contributed by atoms with Crippen LogP contribution in [0.2, 0.25) is 0 Å². The summed E-state index contributed by atoms with van der Waals surface area (Å²) in [6.07, 6.45) is 11.8. The predicted octanol–water partition coefficient (Wildman–Crippen LogP) is 1.99. The van der Waals surface area contributed by atoms with Crippen LogP contribution >= 0.6 is 0 Å². The zero-order valence-electron chi connectivity index (χ0n) is 16.1. The molecule has 0 spiro atoms. The summed E-state index contributed by atoms with van der Waals surface area (Å²) >= 11 is 0. The maximum atomic E-state index is 13.2. The highest BCUT2D eigenvalue weighted by atomic mass is 16.5. The van der Waals surface area contributed by atoms with Crippen molar-refractivity contribution in [2.24, 2.45) is 5.92 Å². The van der Waals surface area contributed by atoms with Crippen molar-refractivity contribution >= 4 is 5.91 Å². The van der Waals surface area contributed by atoms with Crippen molar-refractivity contribution in [3.8, 4) is 0 Å². The van der Waals surface area contributed by atoms with E-state index in [9.17, 15) is 4.79 Å². The zero-order valence-corrected chi connectivity index (χ0v) is 16.1. The summed E-state index contributed by atoms with van der Waals surface area (Å²) < 4.78 is 7.96. The van der Waals surface area contributed by atoms with Gasteiger partial charge in [0, 0.05) is 25.0 Å². The molecule has 3 fully saturated rings. The highest BCUT2D eigenvalue weighted by Gasteiger charge is 2.40. The molecule has 0 bridgehead atoms.